The summed E-state index contributed by atoms with van der Waals surface area (Å²) >= 11 is 0. The first kappa shape index (κ1) is 19.2. The van der Waals surface area contributed by atoms with Crippen LogP contribution in [0.3, 0.4) is 0 Å². The highest BCUT2D eigenvalue weighted by molar-refractivity contribution is 5.75. The predicted molar refractivity (Wildman–Crippen MR) is 74.9 cm³/mol. The number of amides is 2. The first-order valence-corrected chi connectivity index (χ1v) is 7.34. The minimum absolute atomic E-state index is 0.206. The molecule has 1 aromatic heterocycles. The number of aromatic nitrogens is 1. The monoisotopic (exact) mass is 369 g/mol. The Morgan fingerprint density at radius 2 is 2.08 bits per heavy atom. The van der Waals surface area contributed by atoms with E-state index >= 15 is 0 Å². The lowest BCUT2D eigenvalue weighted by Gasteiger charge is -2.37. The Labute approximate surface area is 139 Å². The number of pyridine rings is 1. The Morgan fingerprint density at radius 1 is 1.40 bits per heavy atom. The zero-order valence-electron chi connectivity index (χ0n) is 12.8. The number of alkyl halides is 5. The molecule has 3 N–H and O–H groups in total. The molecule has 140 valence electrons. The van der Waals surface area contributed by atoms with Crippen LogP contribution in [-0.2, 0) is 0 Å². The Kier molecular flexibility index (Phi) is 5.98. The average molecular weight is 369 g/mol. The molecule has 1 unspecified atom stereocenters. The van der Waals surface area contributed by atoms with Crippen LogP contribution in [0.4, 0.5) is 26.7 Å². The number of halogens is 5. The number of aliphatic hydroxyl groups excluding tert-OH is 1. The molecule has 11 heteroatoms. The van der Waals surface area contributed by atoms with Crippen molar-refractivity contribution in [1.82, 2.24) is 15.6 Å². The molecule has 2 rings (SSSR count). The number of urea groups is 1. The van der Waals surface area contributed by atoms with Gasteiger partial charge in [-0.2, -0.15) is 22.0 Å². The van der Waals surface area contributed by atoms with Crippen LogP contribution in [0, 0.1) is 5.92 Å². The van der Waals surface area contributed by atoms with Gasteiger partial charge in [0.05, 0.1) is 18.6 Å². The third-order valence-corrected chi connectivity index (χ3v) is 3.80. The van der Waals surface area contributed by atoms with Crippen molar-refractivity contribution in [3.8, 4) is 5.88 Å². The maximum absolute atomic E-state index is 12.4. The molecule has 1 aliphatic carbocycles. The third kappa shape index (κ3) is 5.41. The average Bonchev–Trinajstić information content (AvgIpc) is 2.46. The number of carbonyl (C=O) groups excluding carboxylic acids is 1. The second-order valence-electron chi connectivity index (χ2n) is 5.57. The van der Waals surface area contributed by atoms with E-state index < -0.39 is 43.4 Å². The molecule has 1 atom stereocenters. The molecule has 1 heterocycles. The van der Waals surface area contributed by atoms with Crippen molar-refractivity contribution in [2.45, 2.75) is 37.7 Å². The van der Waals surface area contributed by atoms with Crippen LogP contribution in [0.5, 0.6) is 5.88 Å². The third-order valence-electron chi connectivity index (χ3n) is 3.80. The SMILES string of the molecule is O=C(NC1CC(C(F)(F)F)C1)NC(CO)c1ccnc(OC(F)F)c1. The Balaban J connectivity index is 1.88. The quantitative estimate of drug-likeness (QED) is 0.673. The molecule has 0 saturated heterocycles. The van der Waals surface area contributed by atoms with Crippen molar-refractivity contribution in [1.29, 1.82) is 0 Å². The number of hydrogen-bond donors (Lipinski definition) is 3. The van der Waals surface area contributed by atoms with Gasteiger partial charge < -0.3 is 20.5 Å². The summed E-state index contributed by atoms with van der Waals surface area (Å²) in [7, 11) is 0. The molecule has 25 heavy (non-hydrogen) atoms. The summed E-state index contributed by atoms with van der Waals surface area (Å²) in [5.74, 6) is -1.82. The second kappa shape index (κ2) is 7.81. The number of hydrogen-bond acceptors (Lipinski definition) is 4. The van der Waals surface area contributed by atoms with Gasteiger partial charge in [-0.05, 0) is 24.5 Å². The van der Waals surface area contributed by atoms with Crippen molar-refractivity contribution in [2.75, 3.05) is 6.61 Å². The van der Waals surface area contributed by atoms with E-state index in [1.165, 1.54) is 6.07 Å². The van der Waals surface area contributed by atoms with Crippen LogP contribution in [0.15, 0.2) is 18.3 Å². The van der Waals surface area contributed by atoms with Crippen LogP contribution < -0.4 is 15.4 Å². The number of carbonyl (C=O) groups is 1. The summed E-state index contributed by atoms with van der Waals surface area (Å²) in [6.45, 7) is -3.63. The Bertz CT molecular complexity index is 593. The van der Waals surface area contributed by atoms with Crippen LogP contribution in [-0.4, -0.2) is 41.6 Å². The minimum atomic E-state index is -4.28. The number of rotatable bonds is 6. The van der Waals surface area contributed by atoms with Crippen molar-refractivity contribution in [2.24, 2.45) is 5.92 Å². The molecule has 1 fully saturated rings. The van der Waals surface area contributed by atoms with Crippen LogP contribution in [0.25, 0.3) is 0 Å². The summed E-state index contributed by atoms with van der Waals surface area (Å²) in [4.78, 5) is 15.4. The molecule has 0 radical (unpaired) electrons. The standard InChI is InChI=1S/C14H16F5N3O3/c15-12(16)25-11-3-7(1-2-20-11)10(6-23)22-13(24)21-9-4-8(5-9)14(17,18)19/h1-3,8-10,12,23H,4-6H2,(H2,21,22,24). The fraction of sp³-hybridized carbons (Fsp3) is 0.571. The molecule has 0 spiro atoms. The fourth-order valence-corrected chi connectivity index (χ4v) is 2.42. The Hall–Kier alpha value is -2.17. The maximum Gasteiger partial charge on any atom is 0.391 e. The van der Waals surface area contributed by atoms with Gasteiger partial charge in [-0.1, -0.05) is 0 Å². The Morgan fingerprint density at radius 3 is 2.64 bits per heavy atom. The molecule has 1 aromatic rings. The normalized spacial score (nSPS) is 21.4. The van der Waals surface area contributed by atoms with Gasteiger partial charge in [0.25, 0.3) is 0 Å². The molecule has 0 bridgehead atoms. The number of nitrogens with zero attached hydrogens (tertiary/aromatic N) is 1. The van der Waals surface area contributed by atoms with E-state index in [4.69, 9.17) is 0 Å². The molecule has 0 aliphatic heterocycles. The lowest BCUT2D eigenvalue weighted by molar-refractivity contribution is -0.198. The first-order chi connectivity index (χ1) is 11.7. The number of nitrogens with one attached hydrogen (secondary N) is 2. The first-order valence-electron chi connectivity index (χ1n) is 7.34. The van der Waals surface area contributed by atoms with Gasteiger partial charge in [-0.3, -0.25) is 0 Å². The van der Waals surface area contributed by atoms with Crippen molar-refractivity contribution < 1.29 is 36.6 Å². The zero-order valence-corrected chi connectivity index (χ0v) is 12.8. The highest BCUT2D eigenvalue weighted by Crippen LogP contribution is 2.40. The van der Waals surface area contributed by atoms with Crippen molar-refractivity contribution in [3.05, 3.63) is 23.9 Å². The van der Waals surface area contributed by atoms with Gasteiger partial charge in [0.2, 0.25) is 5.88 Å². The largest absolute Gasteiger partial charge is 0.417 e. The van der Waals surface area contributed by atoms with Gasteiger partial charge >= 0.3 is 18.8 Å². The maximum atomic E-state index is 12.4. The molecule has 6 nitrogen and oxygen atoms in total. The summed E-state index contributed by atoms with van der Waals surface area (Å²) < 4.78 is 65.7. The van der Waals surface area contributed by atoms with Crippen molar-refractivity contribution >= 4 is 6.03 Å². The van der Waals surface area contributed by atoms with Crippen LogP contribution in [0.2, 0.25) is 0 Å². The van der Waals surface area contributed by atoms with Crippen LogP contribution >= 0.6 is 0 Å². The van der Waals surface area contributed by atoms with E-state index in [0.29, 0.717) is 0 Å². The number of aliphatic hydroxyl groups is 1. The second-order valence-corrected chi connectivity index (χ2v) is 5.57. The topological polar surface area (TPSA) is 83.5 Å². The summed E-state index contributed by atoms with van der Waals surface area (Å²) in [6.07, 6.45) is -3.53. The van der Waals surface area contributed by atoms with E-state index in [2.05, 4.69) is 20.4 Å². The summed E-state index contributed by atoms with van der Waals surface area (Å²) in [5.41, 5.74) is 0.255. The van der Waals surface area contributed by atoms with E-state index in [9.17, 15) is 31.9 Å². The van der Waals surface area contributed by atoms with E-state index in [-0.39, 0.29) is 24.3 Å². The molecule has 2 amide bonds. The molecule has 1 aliphatic rings. The molecular weight excluding hydrogens is 353 g/mol. The van der Waals surface area contributed by atoms with Gasteiger partial charge in [-0.15, -0.1) is 0 Å². The van der Waals surface area contributed by atoms with Gasteiger partial charge in [0.15, 0.2) is 0 Å². The molecular formula is C14H16F5N3O3. The van der Waals surface area contributed by atoms with Gasteiger partial charge in [-0.25, -0.2) is 9.78 Å². The fourth-order valence-electron chi connectivity index (χ4n) is 2.42. The van der Waals surface area contributed by atoms with E-state index in [1.807, 2.05) is 0 Å². The highest BCUT2D eigenvalue weighted by Gasteiger charge is 2.48. The summed E-state index contributed by atoms with van der Waals surface area (Å²) in [6, 6.07) is 0.166. The zero-order chi connectivity index (χ0) is 18.6. The lowest BCUT2D eigenvalue weighted by Crippen LogP contribution is -2.52. The van der Waals surface area contributed by atoms with Crippen molar-refractivity contribution in [3.63, 3.8) is 0 Å². The summed E-state index contributed by atoms with van der Waals surface area (Å²) in [5, 5.41) is 14.1. The molecule has 1 saturated carbocycles. The highest BCUT2D eigenvalue weighted by atomic mass is 19.4. The van der Waals surface area contributed by atoms with E-state index in [1.54, 1.807) is 0 Å². The van der Waals surface area contributed by atoms with Gasteiger partial charge in [0, 0.05) is 18.3 Å². The lowest BCUT2D eigenvalue weighted by atomic mass is 9.80. The molecule has 0 aromatic carbocycles. The smallest absolute Gasteiger partial charge is 0.391 e. The van der Waals surface area contributed by atoms with Crippen LogP contribution in [0.1, 0.15) is 24.4 Å². The number of ether oxygens (including phenoxy) is 1. The minimum Gasteiger partial charge on any atom is -0.417 e. The predicted octanol–water partition coefficient (Wildman–Crippen LogP) is 2.36. The van der Waals surface area contributed by atoms with Gasteiger partial charge in [0.1, 0.15) is 0 Å². The van der Waals surface area contributed by atoms with E-state index in [0.717, 1.165) is 12.3 Å².